The molecule has 1 N–H and O–H groups in total. The summed E-state index contributed by atoms with van der Waals surface area (Å²) in [6, 6.07) is 0.360. The monoisotopic (exact) mass is 241 g/mol. The van der Waals surface area contributed by atoms with Crippen LogP contribution in [0.3, 0.4) is 0 Å². The zero-order valence-corrected chi connectivity index (χ0v) is 11.9. The second kappa shape index (κ2) is 5.83. The number of amides is 1. The topological polar surface area (TPSA) is 35.6 Å². The largest absolute Gasteiger partial charge is 0.343 e. The number of rotatable bonds is 6. The van der Waals surface area contributed by atoms with Crippen molar-refractivity contribution in [3.05, 3.63) is 0 Å². The van der Waals surface area contributed by atoms with Crippen LogP contribution in [0.1, 0.15) is 33.1 Å². The Morgan fingerprint density at radius 3 is 2.24 bits per heavy atom. The quantitative estimate of drug-likeness (QED) is 0.751. The van der Waals surface area contributed by atoms with Crippen LogP contribution >= 0.6 is 0 Å². The molecule has 1 fully saturated rings. The molecule has 0 aromatic heterocycles. The average molecular weight is 241 g/mol. The van der Waals surface area contributed by atoms with Crippen LogP contribution in [-0.4, -0.2) is 61.5 Å². The first-order valence-electron chi connectivity index (χ1n) is 6.52. The van der Waals surface area contributed by atoms with Gasteiger partial charge in [0.05, 0.1) is 6.54 Å². The Kier molecular flexibility index (Phi) is 4.95. The standard InChI is InChI=1S/C13H27N3O/c1-11(2)14-9-12(17)16(5)10-13(15(3)4)7-6-8-13/h11,14H,6-10H2,1-5H3. The molecule has 0 atom stereocenters. The summed E-state index contributed by atoms with van der Waals surface area (Å²) in [6.07, 6.45) is 3.69. The third kappa shape index (κ3) is 3.68. The zero-order valence-electron chi connectivity index (χ0n) is 11.9. The molecule has 0 aromatic carbocycles. The van der Waals surface area contributed by atoms with Crippen molar-refractivity contribution in [2.45, 2.75) is 44.7 Å². The van der Waals surface area contributed by atoms with Gasteiger partial charge in [-0.05, 0) is 33.4 Å². The maximum absolute atomic E-state index is 11.9. The summed E-state index contributed by atoms with van der Waals surface area (Å²) in [5.74, 6) is 0.187. The van der Waals surface area contributed by atoms with Crippen LogP contribution in [0.2, 0.25) is 0 Å². The van der Waals surface area contributed by atoms with Crippen LogP contribution in [0.4, 0.5) is 0 Å². The lowest BCUT2D eigenvalue weighted by Gasteiger charge is -2.49. The molecule has 1 amide bonds. The van der Waals surface area contributed by atoms with Crippen molar-refractivity contribution >= 4 is 5.91 Å². The van der Waals surface area contributed by atoms with E-state index in [0.717, 1.165) is 6.54 Å². The maximum Gasteiger partial charge on any atom is 0.236 e. The number of likely N-dealkylation sites (N-methyl/N-ethyl adjacent to an activating group) is 2. The molecule has 1 rings (SSSR count). The Balaban J connectivity index is 2.42. The summed E-state index contributed by atoms with van der Waals surface area (Å²) in [5.41, 5.74) is 0.224. The molecule has 0 spiro atoms. The highest BCUT2D eigenvalue weighted by atomic mass is 16.2. The summed E-state index contributed by atoms with van der Waals surface area (Å²) in [6.45, 7) is 5.40. The van der Waals surface area contributed by atoms with Crippen molar-refractivity contribution in [3.8, 4) is 0 Å². The fraction of sp³-hybridized carbons (Fsp3) is 0.923. The highest BCUT2D eigenvalue weighted by Crippen LogP contribution is 2.36. The highest BCUT2D eigenvalue weighted by Gasteiger charge is 2.40. The van der Waals surface area contributed by atoms with Gasteiger partial charge >= 0.3 is 0 Å². The molecule has 0 heterocycles. The maximum atomic E-state index is 11.9. The van der Waals surface area contributed by atoms with Crippen LogP contribution in [0, 0.1) is 0 Å². The Bertz CT molecular complexity index is 259. The minimum Gasteiger partial charge on any atom is -0.343 e. The van der Waals surface area contributed by atoms with E-state index >= 15 is 0 Å². The molecule has 1 aliphatic rings. The normalized spacial score (nSPS) is 18.3. The summed E-state index contributed by atoms with van der Waals surface area (Å²) < 4.78 is 0. The molecule has 0 saturated heterocycles. The highest BCUT2D eigenvalue weighted by molar-refractivity contribution is 5.78. The van der Waals surface area contributed by atoms with Gasteiger partial charge in [-0.2, -0.15) is 0 Å². The van der Waals surface area contributed by atoms with E-state index in [1.165, 1.54) is 19.3 Å². The van der Waals surface area contributed by atoms with Gasteiger partial charge in [0.25, 0.3) is 0 Å². The molecule has 0 bridgehead atoms. The predicted octanol–water partition coefficient (Wildman–Crippen LogP) is 0.927. The van der Waals surface area contributed by atoms with E-state index in [1.54, 1.807) is 0 Å². The third-order valence-electron chi connectivity index (χ3n) is 3.85. The van der Waals surface area contributed by atoms with Gasteiger partial charge in [0.2, 0.25) is 5.91 Å². The fourth-order valence-corrected chi connectivity index (χ4v) is 2.29. The lowest BCUT2D eigenvalue weighted by molar-refractivity contribution is -0.131. The van der Waals surface area contributed by atoms with Gasteiger partial charge in [0, 0.05) is 25.2 Å². The predicted molar refractivity (Wildman–Crippen MR) is 71.0 cm³/mol. The van der Waals surface area contributed by atoms with Gasteiger partial charge in [0.15, 0.2) is 0 Å². The molecule has 100 valence electrons. The zero-order chi connectivity index (χ0) is 13.1. The molecule has 1 aliphatic carbocycles. The van der Waals surface area contributed by atoms with Crippen molar-refractivity contribution in [2.75, 3.05) is 34.2 Å². The second-order valence-corrected chi connectivity index (χ2v) is 5.76. The molecule has 1 saturated carbocycles. The molecule has 17 heavy (non-hydrogen) atoms. The van der Waals surface area contributed by atoms with E-state index in [2.05, 4.69) is 38.2 Å². The van der Waals surface area contributed by atoms with E-state index < -0.39 is 0 Å². The van der Waals surface area contributed by atoms with Gasteiger partial charge < -0.3 is 15.1 Å². The molecular formula is C13H27N3O. The number of hydrogen-bond donors (Lipinski definition) is 1. The van der Waals surface area contributed by atoms with Gasteiger partial charge in [-0.15, -0.1) is 0 Å². The lowest BCUT2D eigenvalue weighted by atomic mass is 9.75. The summed E-state index contributed by atoms with van der Waals surface area (Å²) in [7, 11) is 6.14. The molecule has 0 radical (unpaired) electrons. The number of nitrogens with one attached hydrogen (secondary N) is 1. The summed E-state index contributed by atoms with van der Waals surface area (Å²) in [5, 5.41) is 3.17. The molecule has 0 aliphatic heterocycles. The molecular weight excluding hydrogens is 214 g/mol. The van der Waals surface area contributed by atoms with E-state index in [4.69, 9.17) is 0 Å². The Labute approximate surface area is 105 Å². The van der Waals surface area contributed by atoms with Gasteiger partial charge in [-0.3, -0.25) is 4.79 Å². The SMILES string of the molecule is CC(C)NCC(=O)N(C)CC1(N(C)C)CCC1. The smallest absolute Gasteiger partial charge is 0.236 e. The fourth-order valence-electron chi connectivity index (χ4n) is 2.29. The van der Waals surface area contributed by atoms with Crippen LogP contribution in [0.5, 0.6) is 0 Å². The van der Waals surface area contributed by atoms with Gasteiger partial charge in [-0.25, -0.2) is 0 Å². The minimum absolute atomic E-state index is 0.187. The molecule has 4 heteroatoms. The first-order chi connectivity index (χ1) is 7.87. The number of hydrogen-bond acceptors (Lipinski definition) is 3. The Morgan fingerprint density at radius 1 is 1.29 bits per heavy atom. The summed E-state index contributed by atoms with van der Waals surface area (Å²) in [4.78, 5) is 16.1. The van der Waals surface area contributed by atoms with Crippen LogP contribution in [-0.2, 0) is 4.79 Å². The first kappa shape index (κ1) is 14.5. The lowest BCUT2D eigenvalue weighted by Crippen LogP contribution is -2.58. The van der Waals surface area contributed by atoms with Gasteiger partial charge in [-0.1, -0.05) is 13.8 Å². The Morgan fingerprint density at radius 2 is 1.88 bits per heavy atom. The summed E-state index contributed by atoms with van der Waals surface area (Å²) >= 11 is 0. The van der Waals surface area contributed by atoms with E-state index in [1.807, 2.05) is 11.9 Å². The Hall–Kier alpha value is -0.610. The molecule has 0 aromatic rings. The van der Waals surface area contributed by atoms with Crippen molar-refractivity contribution in [2.24, 2.45) is 0 Å². The minimum atomic E-state index is 0.187. The third-order valence-corrected chi connectivity index (χ3v) is 3.85. The van der Waals surface area contributed by atoms with Crippen LogP contribution < -0.4 is 5.32 Å². The molecule has 0 unspecified atom stereocenters. The van der Waals surface area contributed by atoms with E-state index in [-0.39, 0.29) is 11.4 Å². The number of carbonyl (C=O) groups excluding carboxylic acids is 1. The van der Waals surface area contributed by atoms with Crippen molar-refractivity contribution in [1.82, 2.24) is 15.1 Å². The van der Waals surface area contributed by atoms with Crippen LogP contribution in [0.25, 0.3) is 0 Å². The number of nitrogens with zero attached hydrogens (tertiary/aromatic N) is 2. The molecule has 4 nitrogen and oxygen atoms in total. The van der Waals surface area contributed by atoms with E-state index in [0.29, 0.717) is 12.6 Å². The number of carbonyl (C=O) groups is 1. The van der Waals surface area contributed by atoms with Gasteiger partial charge in [0.1, 0.15) is 0 Å². The van der Waals surface area contributed by atoms with E-state index in [9.17, 15) is 4.79 Å². The van der Waals surface area contributed by atoms with Crippen molar-refractivity contribution in [3.63, 3.8) is 0 Å². The second-order valence-electron chi connectivity index (χ2n) is 5.76. The first-order valence-corrected chi connectivity index (χ1v) is 6.52. The van der Waals surface area contributed by atoms with Crippen LogP contribution in [0.15, 0.2) is 0 Å². The average Bonchev–Trinajstić information content (AvgIpc) is 2.18. The van der Waals surface area contributed by atoms with Crippen molar-refractivity contribution < 1.29 is 4.79 Å². The van der Waals surface area contributed by atoms with Crippen molar-refractivity contribution in [1.29, 1.82) is 0 Å².